The Morgan fingerprint density at radius 1 is 1.06 bits per heavy atom. The van der Waals surface area contributed by atoms with Crippen molar-refractivity contribution in [3.8, 4) is 5.88 Å². The van der Waals surface area contributed by atoms with E-state index in [1.54, 1.807) is 4.90 Å². The van der Waals surface area contributed by atoms with Gasteiger partial charge >= 0.3 is 12.1 Å². The van der Waals surface area contributed by atoms with Crippen LogP contribution in [0, 0.1) is 0 Å². The Morgan fingerprint density at radius 3 is 2.40 bits per heavy atom. The molecule has 7 nitrogen and oxygen atoms in total. The second-order valence-electron chi connectivity index (χ2n) is 7.86. The zero-order valence-electron chi connectivity index (χ0n) is 18.1. The first-order chi connectivity index (χ1) is 16.1. The number of carboxylic acids is 1. The quantitative estimate of drug-likeness (QED) is 0.460. The lowest BCUT2D eigenvalue weighted by Crippen LogP contribution is -2.35. The van der Waals surface area contributed by atoms with Crippen molar-refractivity contribution in [2.75, 3.05) is 13.1 Å². The number of halogens is 5. The van der Waals surface area contributed by atoms with Gasteiger partial charge in [-0.3, -0.25) is 9.78 Å². The molecule has 4 rings (SSSR count). The molecule has 1 aromatic carbocycles. The van der Waals surface area contributed by atoms with Gasteiger partial charge in [-0.05, 0) is 37.5 Å². The fourth-order valence-corrected chi connectivity index (χ4v) is 3.97. The summed E-state index contributed by atoms with van der Waals surface area (Å²) < 4.78 is 44.0. The summed E-state index contributed by atoms with van der Waals surface area (Å²) in [5.74, 6) is -1.36. The highest BCUT2D eigenvalue weighted by molar-refractivity contribution is 6.31. The number of carbonyl (C=O) groups is 2. The lowest BCUT2D eigenvalue weighted by Gasteiger charge is -2.27. The Bertz CT molecular complexity index is 1260. The smallest absolute Gasteiger partial charge is 0.417 e. The summed E-state index contributed by atoms with van der Waals surface area (Å²) in [6, 6.07) is 5.01. The number of pyridine rings is 2. The van der Waals surface area contributed by atoms with Crippen LogP contribution in [-0.4, -0.2) is 44.9 Å². The van der Waals surface area contributed by atoms with Gasteiger partial charge in [0.25, 0.3) is 5.91 Å². The molecule has 3 aromatic rings. The third kappa shape index (κ3) is 5.94. The highest BCUT2D eigenvalue weighted by Gasteiger charge is 2.31. The molecule has 3 heterocycles. The van der Waals surface area contributed by atoms with Gasteiger partial charge in [0.05, 0.1) is 21.8 Å². The third-order valence-corrected chi connectivity index (χ3v) is 5.86. The molecule has 0 radical (unpaired) electrons. The van der Waals surface area contributed by atoms with Crippen LogP contribution in [0.2, 0.25) is 5.02 Å². The second-order valence-corrected chi connectivity index (χ2v) is 8.27. The van der Waals surface area contributed by atoms with E-state index in [9.17, 15) is 27.9 Å². The van der Waals surface area contributed by atoms with Crippen LogP contribution in [0.15, 0.2) is 36.7 Å². The molecule has 1 amide bonds. The topological polar surface area (TPSA) is 92.6 Å². The van der Waals surface area contributed by atoms with E-state index in [-0.39, 0.29) is 52.6 Å². The number of likely N-dealkylation sites (tertiary alicyclic amines) is 1. The number of alkyl halides is 3. The summed E-state index contributed by atoms with van der Waals surface area (Å²) in [7, 11) is 0. The predicted octanol–water partition coefficient (Wildman–Crippen LogP) is 5.63. The molecule has 0 spiro atoms. The van der Waals surface area contributed by atoms with Crippen molar-refractivity contribution in [1.82, 2.24) is 14.9 Å². The van der Waals surface area contributed by atoms with E-state index in [0.717, 1.165) is 25.3 Å². The van der Waals surface area contributed by atoms with Gasteiger partial charge in [-0.15, -0.1) is 12.4 Å². The van der Waals surface area contributed by atoms with E-state index in [0.29, 0.717) is 30.1 Å². The van der Waals surface area contributed by atoms with Crippen LogP contribution in [0.25, 0.3) is 10.8 Å². The number of hydrogen-bond donors (Lipinski definition) is 1. The molecule has 1 aliphatic heterocycles. The van der Waals surface area contributed by atoms with E-state index in [2.05, 4.69) is 9.97 Å². The molecule has 1 saturated heterocycles. The molecule has 0 saturated carbocycles. The zero-order valence-corrected chi connectivity index (χ0v) is 19.7. The molecule has 0 atom stereocenters. The first kappa shape index (κ1) is 26.5. The molecule has 0 unspecified atom stereocenters. The number of fused-ring (bicyclic) bond motifs is 1. The van der Waals surface area contributed by atoms with Crippen molar-refractivity contribution in [3.05, 3.63) is 64.1 Å². The van der Waals surface area contributed by atoms with E-state index in [1.165, 1.54) is 24.4 Å². The summed E-state index contributed by atoms with van der Waals surface area (Å²) in [6.45, 7) is 0.923. The molecular weight excluding hydrogens is 510 g/mol. The molecule has 1 aliphatic rings. The Labute approximate surface area is 209 Å². The summed E-state index contributed by atoms with van der Waals surface area (Å²) >= 11 is 5.93. The van der Waals surface area contributed by atoms with Crippen molar-refractivity contribution < 1.29 is 32.6 Å². The largest absolute Gasteiger partial charge is 0.478 e. The van der Waals surface area contributed by atoms with E-state index in [1.807, 2.05) is 0 Å². The van der Waals surface area contributed by atoms with Gasteiger partial charge in [0, 0.05) is 47.9 Å². The van der Waals surface area contributed by atoms with Crippen molar-refractivity contribution >= 4 is 46.7 Å². The first-order valence-electron chi connectivity index (χ1n) is 10.4. The number of benzene rings is 1. The zero-order chi connectivity index (χ0) is 24.5. The number of amides is 1. The Balaban J connectivity index is 0.00000342. The SMILES string of the molecule is Cl.O=C(O)c1cc(C(=O)N2CCCCC2)c2cc(OCc3ncc(C(F)(F)F)cc3Cl)ncc2c1. The number of aromatic carboxylic acids is 1. The van der Waals surface area contributed by atoms with E-state index >= 15 is 0 Å². The minimum atomic E-state index is -4.57. The summed E-state index contributed by atoms with van der Waals surface area (Å²) in [6.07, 6.45) is 0.259. The fourth-order valence-electron chi connectivity index (χ4n) is 3.75. The molecule has 0 aliphatic carbocycles. The van der Waals surface area contributed by atoms with Crippen LogP contribution in [0.1, 0.15) is 51.2 Å². The minimum Gasteiger partial charge on any atom is -0.478 e. The van der Waals surface area contributed by atoms with Crippen LogP contribution >= 0.6 is 24.0 Å². The standard InChI is InChI=1S/C23H19ClF3N3O4.ClH/c24-18-8-15(23(25,26)27)11-28-19(18)12-34-20-9-16-14(10-29-20)6-13(22(32)33)7-17(16)21(31)30-4-2-1-3-5-30;/h6-11H,1-5,12H2,(H,32,33);1H. The van der Waals surface area contributed by atoms with Gasteiger partial charge in [0.15, 0.2) is 0 Å². The van der Waals surface area contributed by atoms with Crippen molar-refractivity contribution in [2.45, 2.75) is 32.0 Å². The van der Waals surface area contributed by atoms with Gasteiger partial charge in [-0.2, -0.15) is 13.2 Å². The van der Waals surface area contributed by atoms with Gasteiger partial charge in [-0.1, -0.05) is 11.6 Å². The normalized spacial score (nSPS) is 13.9. The minimum absolute atomic E-state index is 0. The summed E-state index contributed by atoms with van der Waals surface area (Å²) in [5.41, 5.74) is -0.707. The lowest BCUT2D eigenvalue weighted by molar-refractivity contribution is -0.137. The Morgan fingerprint density at radius 2 is 1.77 bits per heavy atom. The second kappa shape index (κ2) is 10.7. The number of carboxylic acid groups (broad SMARTS) is 1. The number of carbonyl (C=O) groups excluding carboxylic acids is 1. The average Bonchev–Trinajstić information content (AvgIpc) is 2.82. The molecule has 2 aromatic heterocycles. The maximum Gasteiger partial charge on any atom is 0.417 e. The molecule has 35 heavy (non-hydrogen) atoms. The van der Waals surface area contributed by atoms with Crippen LogP contribution in [0.3, 0.4) is 0 Å². The fraction of sp³-hybridized carbons (Fsp3) is 0.304. The van der Waals surface area contributed by atoms with Crippen LogP contribution in [-0.2, 0) is 12.8 Å². The van der Waals surface area contributed by atoms with Crippen LogP contribution in [0.4, 0.5) is 13.2 Å². The first-order valence-corrected chi connectivity index (χ1v) is 10.8. The molecule has 1 fully saturated rings. The van der Waals surface area contributed by atoms with E-state index in [4.69, 9.17) is 16.3 Å². The number of piperidine rings is 1. The Kier molecular flexibility index (Phi) is 8.07. The highest BCUT2D eigenvalue weighted by atomic mass is 35.5. The van der Waals surface area contributed by atoms with Crippen molar-refractivity contribution in [1.29, 1.82) is 0 Å². The average molecular weight is 530 g/mol. The lowest BCUT2D eigenvalue weighted by atomic mass is 10.00. The van der Waals surface area contributed by atoms with Gasteiger partial charge in [-0.25, -0.2) is 9.78 Å². The molecular formula is C23H20Cl2F3N3O4. The number of hydrogen-bond acceptors (Lipinski definition) is 5. The molecule has 186 valence electrons. The number of rotatable bonds is 5. The summed E-state index contributed by atoms with van der Waals surface area (Å²) in [4.78, 5) is 34.3. The number of aromatic nitrogens is 2. The summed E-state index contributed by atoms with van der Waals surface area (Å²) in [5, 5.41) is 10.2. The van der Waals surface area contributed by atoms with Crippen LogP contribution < -0.4 is 4.74 Å². The molecule has 1 N–H and O–H groups in total. The third-order valence-electron chi connectivity index (χ3n) is 5.53. The maximum absolute atomic E-state index is 13.2. The van der Waals surface area contributed by atoms with Gasteiger partial charge < -0.3 is 14.7 Å². The maximum atomic E-state index is 13.2. The van der Waals surface area contributed by atoms with Crippen LogP contribution in [0.5, 0.6) is 5.88 Å². The van der Waals surface area contributed by atoms with Gasteiger partial charge in [0.2, 0.25) is 5.88 Å². The number of nitrogens with zero attached hydrogens (tertiary/aromatic N) is 3. The molecule has 12 heteroatoms. The van der Waals surface area contributed by atoms with Crippen molar-refractivity contribution in [2.24, 2.45) is 0 Å². The van der Waals surface area contributed by atoms with E-state index < -0.39 is 17.7 Å². The van der Waals surface area contributed by atoms with Gasteiger partial charge in [0.1, 0.15) is 6.61 Å². The highest BCUT2D eigenvalue weighted by Crippen LogP contribution is 2.32. The van der Waals surface area contributed by atoms with Crippen molar-refractivity contribution in [3.63, 3.8) is 0 Å². The predicted molar refractivity (Wildman–Crippen MR) is 124 cm³/mol. The monoisotopic (exact) mass is 529 g/mol. The Hall–Kier alpha value is -3.11. The molecule has 0 bridgehead atoms. The number of ether oxygens (including phenoxy) is 1.